The molecule has 0 saturated carbocycles. The van der Waals surface area contributed by atoms with Crippen LogP contribution in [0.1, 0.15) is 23.1 Å². The van der Waals surface area contributed by atoms with E-state index in [0.29, 0.717) is 0 Å². The smallest absolute Gasteiger partial charge is 0.418 e. The van der Waals surface area contributed by atoms with E-state index in [1.165, 1.54) is 22.4 Å². The number of aromatic nitrogens is 1. The van der Waals surface area contributed by atoms with E-state index < -0.39 is 7.25 Å². The van der Waals surface area contributed by atoms with Gasteiger partial charge in [0.15, 0.2) is 6.34 Å². The van der Waals surface area contributed by atoms with Crippen LogP contribution in [0.5, 0.6) is 0 Å². The molecule has 1 aliphatic heterocycles. The van der Waals surface area contributed by atoms with Gasteiger partial charge < -0.3 is 17.3 Å². The first kappa shape index (κ1) is 19.9. The Kier molecular flexibility index (Phi) is 6.39. The second-order valence-corrected chi connectivity index (χ2v) is 6.29. The third kappa shape index (κ3) is 5.86. The number of pyridine rings is 1. The van der Waals surface area contributed by atoms with Crippen molar-refractivity contribution in [1.82, 2.24) is 4.98 Å². The molecule has 0 bridgehead atoms. The predicted molar refractivity (Wildman–Crippen MR) is 97.9 cm³/mol. The van der Waals surface area contributed by atoms with Crippen molar-refractivity contribution in [3.05, 3.63) is 53.2 Å². The summed E-state index contributed by atoms with van der Waals surface area (Å²) < 4.78 is 41.2. The molecule has 8 heteroatoms. The van der Waals surface area contributed by atoms with Gasteiger partial charge in [-0.15, -0.1) is 4.98 Å². The Balaban J connectivity index is 0.000000431. The van der Waals surface area contributed by atoms with Crippen LogP contribution in [-0.2, 0) is 0 Å². The molecule has 26 heavy (non-hydrogen) atoms. The van der Waals surface area contributed by atoms with Gasteiger partial charge in [-0.2, -0.15) is 0 Å². The Bertz CT molecular complexity index is 747. The molecule has 140 valence electrons. The highest BCUT2D eigenvalue weighted by Gasteiger charge is 2.22. The lowest BCUT2D eigenvalue weighted by atomic mass is 10.0. The fourth-order valence-electron chi connectivity index (χ4n) is 3.19. The van der Waals surface area contributed by atoms with Crippen LogP contribution in [0, 0.1) is 20.8 Å². The summed E-state index contributed by atoms with van der Waals surface area (Å²) in [4.78, 5) is 6.82. The lowest BCUT2D eigenvalue weighted by molar-refractivity contribution is -0.444. The third-order valence-electron chi connectivity index (χ3n) is 3.94. The van der Waals surface area contributed by atoms with Crippen molar-refractivity contribution in [2.75, 3.05) is 18.0 Å². The van der Waals surface area contributed by atoms with Crippen LogP contribution in [-0.4, -0.2) is 36.2 Å². The Morgan fingerprint density at radius 1 is 1.04 bits per heavy atom. The first-order chi connectivity index (χ1) is 12.1. The summed E-state index contributed by atoms with van der Waals surface area (Å²) in [6.07, 6.45) is 5.20. The van der Waals surface area contributed by atoms with Gasteiger partial charge in [0.1, 0.15) is 11.9 Å². The van der Waals surface area contributed by atoms with Gasteiger partial charge in [0.05, 0.1) is 13.1 Å². The summed E-state index contributed by atoms with van der Waals surface area (Å²) in [6, 6.07) is 10.6. The predicted octanol–water partition coefficient (Wildman–Crippen LogP) is 4.89. The summed E-state index contributed by atoms with van der Waals surface area (Å²) in [5, 5.41) is 0. The second kappa shape index (κ2) is 8.34. The van der Waals surface area contributed by atoms with Crippen LogP contribution in [0.15, 0.2) is 36.5 Å². The minimum Gasteiger partial charge on any atom is -0.418 e. The van der Waals surface area contributed by atoms with Crippen LogP contribution in [0.2, 0.25) is 0 Å². The largest absolute Gasteiger partial charge is 0.673 e. The molecule has 1 aromatic heterocycles. The molecule has 2 heterocycles. The number of benzene rings is 1. The molecule has 2 aromatic rings. The fraction of sp³-hybridized carbons (Fsp3) is 0.333. The number of halogens is 4. The number of hydrogen-bond donors (Lipinski definition) is 0. The minimum atomic E-state index is -6.00. The van der Waals surface area contributed by atoms with Gasteiger partial charge in [0.25, 0.3) is 5.82 Å². The van der Waals surface area contributed by atoms with Crippen molar-refractivity contribution in [2.45, 2.75) is 27.2 Å². The fourth-order valence-corrected chi connectivity index (χ4v) is 3.19. The van der Waals surface area contributed by atoms with Crippen LogP contribution in [0.25, 0.3) is 0 Å². The van der Waals surface area contributed by atoms with E-state index in [9.17, 15) is 17.3 Å². The first-order valence-electron chi connectivity index (χ1n) is 8.39. The number of aryl methyl sites for hydroxylation is 3. The quantitative estimate of drug-likeness (QED) is 0.428. The van der Waals surface area contributed by atoms with Crippen molar-refractivity contribution < 1.29 is 21.8 Å². The molecule has 0 radical (unpaired) electrons. The average Bonchev–Trinajstić information content (AvgIpc) is 2.53. The second-order valence-electron chi connectivity index (χ2n) is 6.29. The first-order valence-corrected chi connectivity index (χ1v) is 8.39. The highest BCUT2D eigenvalue weighted by molar-refractivity contribution is 6.50. The van der Waals surface area contributed by atoms with Crippen LogP contribution in [0.4, 0.5) is 28.8 Å². The summed E-state index contributed by atoms with van der Waals surface area (Å²) in [6.45, 7) is 8.64. The topological polar surface area (TPSA) is 19.1 Å². The molecule has 3 nitrogen and oxygen atoms in total. The van der Waals surface area contributed by atoms with Crippen molar-refractivity contribution >= 4 is 25.1 Å². The lowest BCUT2D eigenvalue weighted by Gasteiger charge is -2.25. The van der Waals surface area contributed by atoms with E-state index in [0.717, 1.165) is 25.3 Å². The summed E-state index contributed by atoms with van der Waals surface area (Å²) >= 11 is 0. The van der Waals surface area contributed by atoms with Gasteiger partial charge in [-0.1, -0.05) is 23.8 Å². The molecule has 1 aromatic carbocycles. The molecule has 0 saturated heterocycles. The van der Waals surface area contributed by atoms with Crippen LogP contribution >= 0.6 is 0 Å². The normalized spacial score (nSPS) is 14.4. The zero-order valence-electron chi connectivity index (χ0n) is 15.1. The van der Waals surface area contributed by atoms with E-state index in [4.69, 9.17) is 0 Å². The summed E-state index contributed by atoms with van der Waals surface area (Å²) in [7, 11) is -6.00. The molecule has 0 spiro atoms. The molecule has 0 fully saturated rings. The Morgan fingerprint density at radius 3 is 2.19 bits per heavy atom. The maximum atomic E-state index is 9.75. The number of nitrogens with zero attached hydrogens (tertiary/aromatic N) is 3. The maximum Gasteiger partial charge on any atom is 0.673 e. The zero-order chi connectivity index (χ0) is 19.3. The monoisotopic (exact) mass is 367 g/mol. The lowest BCUT2D eigenvalue weighted by Crippen LogP contribution is -2.35. The Morgan fingerprint density at radius 2 is 1.65 bits per heavy atom. The Labute approximate surface area is 151 Å². The zero-order valence-corrected chi connectivity index (χ0v) is 15.1. The van der Waals surface area contributed by atoms with Crippen molar-refractivity contribution in [2.24, 2.45) is 0 Å². The standard InChI is InChI=1S/C18H22N3.BF4/c1-14-11-15(2)18(16(3)12-14)21-10-6-9-20(13-21)17-7-4-5-8-19-17;2-1(3,4)5/h4-5,7-8,11-13H,6,9-10H2,1-3H3;/q+1;-1. The molecule has 0 N–H and O–H groups in total. The highest BCUT2D eigenvalue weighted by Crippen LogP contribution is 2.27. The summed E-state index contributed by atoms with van der Waals surface area (Å²) in [5.74, 6) is 1.02. The van der Waals surface area contributed by atoms with Gasteiger partial charge in [-0.25, -0.2) is 4.58 Å². The van der Waals surface area contributed by atoms with E-state index in [-0.39, 0.29) is 0 Å². The third-order valence-corrected chi connectivity index (χ3v) is 3.94. The molecule has 3 rings (SSSR count). The minimum absolute atomic E-state index is 1.02. The number of anilines is 1. The van der Waals surface area contributed by atoms with Gasteiger partial charge >= 0.3 is 7.25 Å². The molecule has 0 unspecified atom stereocenters. The number of hydrogen-bond acceptors (Lipinski definition) is 2. The van der Waals surface area contributed by atoms with Crippen LogP contribution < -0.4 is 4.90 Å². The Hall–Kier alpha value is -2.38. The average molecular weight is 367 g/mol. The van der Waals surface area contributed by atoms with Gasteiger partial charge in [-0.3, -0.25) is 4.90 Å². The van der Waals surface area contributed by atoms with Crippen LogP contribution in [0.3, 0.4) is 0 Å². The summed E-state index contributed by atoms with van der Waals surface area (Å²) in [5.41, 5.74) is 5.34. The molecule has 0 atom stereocenters. The van der Waals surface area contributed by atoms with E-state index in [1.54, 1.807) is 0 Å². The molecular formula is C18H22BF4N3. The molecular weight excluding hydrogens is 345 g/mol. The van der Waals surface area contributed by atoms with Gasteiger partial charge in [-0.05, 0) is 38.0 Å². The molecule has 0 aliphatic carbocycles. The SMILES string of the molecule is Cc1cc(C)c(N2C=[N+](c3ccccn3)CCC2)c(C)c1.F[B-](F)(F)F. The van der Waals surface area contributed by atoms with Crippen molar-refractivity contribution in [3.8, 4) is 0 Å². The van der Waals surface area contributed by atoms with E-state index in [1.807, 2.05) is 18.3 Å². The number of rotatable bonds is 2. The maximum absolute atomic E-state index is 9.75. The molecule has 1 aliphatic rings. The van der Waals surface area contributed by atoms with Gasteiger partial charge in [0.2, 0.25) is 0 Å². The molecule has 0 amide bonds. The van der Waals surface area contributed by atoms with E-state index in [2.05, 4.69) is 59.8 Å². The highest BCUT2D eigenvalue weighted by atomic mass is 19.5. The van der Waals surface area contributed by atoms with Gasteiger partial charge in [0, 0.05) is 12.5 Å². The van der Waals surface area contributed by atoms with E-state index >= 15 is 0 Å². The van der Waals surface area contributed by atoms with Crippen molar-refractivity contribution in [1.29, 1.82) is 0 Å². The van der Waals surface area contributed by atoms with Crippen molar-refractivity contribution in [3.63, 3.8) is 0 Å².